The summed E-state index contributed by atoms with van der Waals surface area (Å²) >= 11 is 0. The molecule has 29 heavy (non-hydrogen) atoms. The van der Waals surface area contributed by atoms with Crippen molar-refractivity contribution in [2.24, 2.45) is 0 Å². The Morgan fingerprint density at radius 3 is 2.62 bits per heavy atom. The van der Waals surface area contributed by atoms with Gasteiger partial charge in [-0.15, -0.1) is 10.2 Å². The number of carbonyl (C=O) groups excluding carboxylic acids is 2. The number of carbonyl (C=O) groups is 2. The maximum atomic E-state index is 13.4. The molecule has 0 radical (unpaired) electrons. The van der Waals surface area contributed by atoms with Crippen LogP contribution >= 0.6 is 0 Å². The van der Waals surface area contributed by atoms with Gasteiger partial charge in [0.1, 0.15) is 18.4 Å². The molecule has 1 aliphatic heterocycles. The first-order valence-electron chi connectivity index (χ1n) is 9.22. The van der Waals surface area contributed by atoms with Gasteiger partial charge in [0, 0.05) is 12.1 Å². The number of aromatic nitrogens is 2. The second-order valence-electron chi connectivity index (χ2n) is 6.89. The van der Waals surface area contributed by atoms with E-state index < -0.39 is 11.9 Å². The summed E-state index contributed by atoms with van der Waals surface area (Å²) < 4.78 is 19.0. The van der Waals surface area contributed by atoms with Crippen molar-refractivity contribution in [2.45, 2.75) is 26.1 Å². The maximum Gasteiger partial charge on any atom is 0.247 e. The maximum absolute atomic E-state index is 13.4. The van der Waals surface area contributed by atoms with Crippen LogP contribution in [0, 0.1) is 5.82 Å². The van der Waals surface area contributed by atoms with Gasteiger partial charge >= 0.3 is 0 Å². The molecule has 1 saturated heterocycles. The second kappa shape index (κ2) is 7.83. The molecule has 2 aromatic carbocycles. The minimum atomic E-state index is -0.649. The van der Waals surface area contributed by atoms with Crippen LogP contribution in [0.1, 0.15) is 18.4 Å². The van der Waals surface area contributed by atoms with Gasteiger partial charge in [-0.05, 0) is 30.7 Å². The fourth-order valence-corrected chi connectivity index (χ4v) is 3.31. The lowest BCUT2D eigenvalue weighted by molar-refractivity contribution is -0.156. The van der Waals surface area contributed by atoms with E-state index in [1.165, 1.54) is 17.0 Å². The molecule has 1 aliphatic rings. The first kappa shape index (κ1) is 18.8. The van der Waals surface area contributed by atoms with E-state index in [4.69, 9.17) is 4.42 Å². The van der Waals surface area contributed by atoms with Gasteiger partial charge in [0.15, 0.2) is 0 Å². The van der Waals surface area contributed by atoms with Gasteiger partial charge < -0.3 is 14.2 Å². The monoisotopic (exact) mass is 394 g/mol. The molecule has 0 aliphatic carbocycles. The van der Waals surface area contributed by atoms with Gasteiger partial charge in [0.25, 0.3) is 0 Å². The smallest absolute Gasteiger partial charge is 0.247 e. The van der Waals surface area contributed by atoms with Crippen LogP contribution in [-0.4, -0.2) is 44.4 Å². The van der Waals surface area contributed by atoms with E-state index in [0.29, 0.717) is 12.1 Å². The molecule has 1 fully saturated rings. The lowest BCUT2D eigenvalue weighted by atomic mass is 10.1. The summed E-state index contributed by atoms with van der Waals surface area (Å²) in [6, 6.07) is 14.7. The van der Waals surface area contributed by atoms with E-state index in [2.05, 4.69) is 10.2 Å². The minimum absolute atomic E-state index is 0.0110. The summed E-state index contributed by atoms with van der Waals surface area (Å²) in [5.74, 6) is -0.398. The quantitative estimate of drug-likeness (QED) is 0.665. The Kier molecular flexibility index (Phi) is 5.07. The van der Waals surface area contributed by atoms with Crippen molar-refractivity contribution >= 4 is 11.8 Å². The Labute approximate surface area is 166 Å². The number of benzene rings is 2. The number of piperazine rings is 1. The highest BCUT2D eigenvalue weighted by Crippen LogP contribution is 2.22. The highest BCUT2D eigenvalue weighted by molar-refractivity contribution is 5.94. The zero-order valence-corrected chi connectivity index (χ0v) is 15.8. The van der Waals surface area contributed by atoms with Crippen LogP contribution in [0.4, 0.5) is 4.39 Å². The van der Waals surface area contributed by atoms with E-state index in [1.807, 2.05) is 30.3 Å². The molecule has 1 aromatic heterocycles. The normalized spacial score (nSPS) is 17.1. The highest BCUT2D eigenvalue weighted by Gasteiger charge is 2.37. The third-order valence-electron chi connectivity index (χ3n) is 4.84. The number of hydrogen-bond donors (Lipinski definition) is 0. The largest absolute Gasteiger partial charge is 0.419 e. The Hall–Kier alpha value is -3.55. The van der Waals surface area contributed by atoms with Crippen LogP contribution in [0.5, 0.6) is 0 Å². The van der Waals surface area contributed by atoms with Crippen molar-refractivity contribution in [1.29, 1.82) is 0 Å². The molecule has 8 heteroatoms. The topological polar surface area (TPSA) is 79.5 Å². The molecule has 3 aromatic rings. The number of halogens is 1. The summed E-state index contributed by atoms with van der Waals surface area (Å²) in [6.45, 7) is 2.07. The van der Waals surface area contributed by atoms with Gasteiger partial charge in [-0.1, -0.05) is 36.4 Å². The summed E-state index contributed by atoms with van der Waals surface area (Å²) in [4.78, 5) is 28.4. The fourth-order valence-electron chi connectivity index (χ4n) is 3.31. The molecule has 0 N–H and O–H groups in total. The Morgan fingerprint density at radius 1 is 1.07 bits per heavy atom. The van der Waals surface area contributed by atoms with Crippen LogP contribution in [0.15, 0.2) is 59.0 Å². The standard InChI is InChI=1S/C21H19FN4O3/c1-14-21(28)25(11-15-6-3-2-4-7-15)13-19(27)26(14)12-18-23-24-20(29-18)16-8-5-9-17(22)10-16/h2-10,14H,11-13H2,1H3/t14-/m0/s1. The number of amides is 2. The van der Waals surface area contributed by atoms with E-state index in [-0.39, 0.29) is 36.7 Å². The molecule has 148 valence electrons. The first-order chi connectivity index (χ1) is 14.0. The van der Waals surface area contributed by atoms with Crippen molar-refractivity contribution < 1.29 is 18.4 Å². The summed E-state index contributed by atoms with van der Waals surface area (Å²) in [7, 11) is 0. The molecule has 0 bridgehead atoms. The molecule has 0 unspecified atom stereocenters. The molecule has 0 saturated carbocycles. The zero-order valence-electron chi connectivity index (χ0n) is 15.8. The molecule has 2 heterocycles. The van der Waals surface area contributed by atoms with Gasteiger partial charge in [0.2, 0.25) is 23.6 Å². The lowest BCUT2D eigenvalue weighted by Gasteiger charge is -2.38. The average Bonchev–Trinajstić information content (AvgIpc) is 3.19. The van der Waals surface area contributed by atoms with E-state index in [9.17, 15) is 14.0 Å². The van der Waals surface area contributed by atoms with Gasteiger partial charge in [0.05, 0.1) is 6.54 Å². The van der Waals surface area contributed by atoms with Crippen molar-refractivity contribution in [3.05, 3.63) is 71.9 Å². The zero-order chi connectivity index (χ0) is 20.4. The summed E-state index contributed by atoms with van der Waals surface area (Å²) in [5, 5.41) is 7.86. The predicted octanol–water partition coefficient (Wildman–Crippen LogP) is 2.64. The van der Waals surface area contributed by atoms with Gasteiger partial charge in [-0.25, -0.2) is 4.39 Å². The second-order valence-corrected chi connectivity index (χ2v) is 6.89. The van der Waals surface area contributed by atoms with Crippen molar-refractivity contribution in [1.82, 2.24) is 20.0 Å². The average molecular weight is 394 g/mol. The van der Waals surface area contributed by atoms with E-state index in [1.54, 1.807) is 24.0 Å². The van der Waals surface area contributed by atoms with E-state index >= 15 is 0 Å². The van der Waals surface area contributed by atoms with Gasteiger partial charge in [-0.3, -0.25) is 9.59 Å². The minimum Gasteiger partial charge on any atom is -0.419 e. The molecule has 1 atom stereocenters. The van der Waals surface area contributed by atoms with Crippen LogP contribution in [0.25, 0.3) is 11.5 Å². The number of hydrogen-bond acceptors (Lipinski definition) is 5. The molecule has 0 spiro atoms. The van der Waals surface area contributed by atoms with Crippen LogP contribution in [0.2, 0.25) is 0 Å². The fraction of sp³-hybridized carbons (Fsp3) is 0.238. The molecular formula is C21H19FN4O3. The van der Waals surface area contributed by atoms with Gasteiger partial charge in [-0.2, -0.15) is 0 Å². The third-order valence-corrected chi connectivity index (χ3v) is 4.84. The van der Waals surface area contributed by atoms with E-state index in [0.717, 1.165) is 5.56 Å². The highest BCUT2D eigenvalue weighted by atomic mass is 19.1. The van der Waals surface area contributed by atoms with Crippen molar-refractivity contribution in [3.63, 3.8) is 0 Å². The predicted molar refractivity (Wildman–Crippen MR) is 102 cm³/mol. The first-order valence-corrected chi connectivity index (χ1v) is 9.22. The number of rotatable bonds is 5. The van der Waals surface area contributed by atoms with Crippen molar-refractivity contribution in [3.8, 4) is 11.5 Å². The molecule has 7 nitrogen and oxygen atoms in total. The Morgan fingerprint density at radius 2 is 1.86 bits per heavy atom. The molecular weight excluding hydrogens is 375 g/mol. The molecule has 2 amide bonds. The van der Waals surface area contributed by atoms with Crippen LogP contribution in [0.3, 0.4) is 0 Å². The Bertz CT molecular complexity index is 1040. The third kappa shape index (κ3) is 4.01. The van der Waals surface area contributed by atoms with Crippen LogP contribution in [-0.2, 0) is 22.7 Å². The lowest BCUT2D eigenvalue weighted by Crippen LogP contribution is -2.58. The summed E-state index contributed by atoms with van der Waals surface area (Å²) in [6.07, 6.45) is 0. The SMILES string of the molecule is C[C@H]1C(=O)N(Cc2ccccc2)CC(=O)N1Cc1nnc(-c2cccc(F)c2)o1. The molecule has 4 rings (SSSR count). The summed E-state index contributed by atoms with van der Waals surface area (Å²) in [5.41, 5.74) is 1.41. The van der Waals surface area contributed by atoms with Crippen LogP contribution < -0.4 is 0 Å². The van der Waals surface area contributed by atoms with Crippen molar-refractivity contribution in [2.75, 3.05) is 6.54 Å². The number of nitrogens with zero attached hydrogens (tertiary/aromatic N) is 4. The Balaban J connectivity index is 1.46.